The van der Waals surface area contributed by atoms with Crippen molar-refractivity contribution >= 4 is 17.5 Å². The van der Waals surface area contributed by atoms with Crippen LogP contribution in [0.4, 0.5) is 5.69 Å². The Kier molecular flexibility index (Phi) is 5.81. The summed E-state index contributed by atoms with van der Waals surface area (Å²) in [5, 5.41) is 2.75. The molecule has 1 fully saturated rings. The molecule has 6 nitrogen and oxygen atoms in total. The number of hydrogen-bond donors (Lipinski definition) is 1. The Balaban J connectivity index is 1.75. The third-order valence-corrected chi connectivity index (χ3v) is 4.96. The quantitative estimate of drug-likeness (QED) is 0.876. The number of amides is 2. The number of carbonyl (C=O) groups excluding carboxylic acids is 2. The second kappa shape index (κ2) is 8.08. The maximum Gasteiger partial charge on any atom is 0.262 e. The Hall–Kier alpha value is -2.08. The molecule has 0 bridgehead atoms. The van der Waals surface area contributed by atoms with E-state index in [0.29, 0.717) is 36.0 Å². The van der Waals surface area contributed by atoms with Crippen LogP contribution in [0.5, 0.6) is 5.75 Å². The summed E-state index contributed by atoms with van der Waals surface area (Å²) >= 11 is 0. The Morgan fingerprint density at radius 1 is 1.35 bits per heavy atom. The molecule has 0 aromatic heterocycles. The van der Waals surface area contributed by atoms with Gasteiger partial charge in [0.1, 0.15) is 5.75 Å². The summed E-state index contributed by atoms with van der Waals surface area (Å²) in [6, 6.07) is 5.20. The molecule has 0 saturated carbocycles. The number of nitrogens with one attached hydrogen (secondary N) is 1. The van der Waals surface area contributed by atoms with Gasteiger partial charge in [0.25, 0.3) is 11.8 Å². The molecule has 0 spiro atoms. The van der Waals surface area contributed by atoms with E-state index in [1.807, 2.05) is 4.90 Å². The van der Waals surface area contributed by atoms with Crippen molar-refractivity contribution in [3.05, 3.63) is 23.8 Å². The molecule has 2 heterocycles. The maximum atomic E-state index is 13.1. The van der Waals surface area contributed by atoms with Gasteiger partial charge in [-0.3, -0.25) is 9.59 Å². The zero-order valence-electron chi connectivity index (χ0n) is 15.8. The van der Waals surface area contributed by atoms with E-state index in [1.165, 1.54) is 0 Å². The lowest BCUT2D eigenvalue weighted by atomic mass is 10.0. The molecule has 2 aliphatic heterocycles. The van der Waals surface area contributed by atoms with Crippen molar-refractivity contribution < 1.29 is 19.1 Å². The fourth-order valence-corrected chi connectivity index (χ4v) is 3.39. The Labute approximate surface area is 154 Å². The van der Waals surface area contributed by atoms with E-state index < -0.39 is 0 Å². The summed E-state index contributed by atoms with van der Waals surface area (Å²) in [6.45, 7) is 7.63. The van der Waals surface area contributed by atoms with Gasteiger partial charge in [0.2, 0.25) is 0 Å². The van der Waals surface area contributed by atoms with Crippen LogP contribution in [0.25, 0.3) is 0 Å². The number of hydrogen-bond acceptors (Lipinski definition) is 4. The normalized spacial score (nSPS) is 22.6. The molecule has 1 saturated heterocycles. The lowest BCUT2D eigenvalue weighted by molar-refractivity contribution is -0.118. The molecule has 2 amide bonds. The topological polar surface area (TPSA) is 67.9 Å². The number of benzene rings is 1. The highest BCUT2D eigenvalue weighted by molar-refractivity contribution is 5.99. The van der Waals surface area contributed by atoms with Crippen LogP contribution in [-0.4, -0.2) is 48.6 Å². The maximum absolute atomic E-state index is 13.1. The summed E-state index contributed by atoms with van der Waals surface area (Å²) < 4.78 is 11.6. The SMILES string of the molecule is CCCC[C@@H]1CN(C(=O)c2ccc3c(c2)OCC(=O)N3)C[C@H](C(C)C)O1. The summed E-state index contributed by atoms with van der Waals surface area (Å²) in [4.78, 5) is 26.4. The summed E-state index contributed by atoms with van der Waals surface area (Å²) in [5.41, 5.74) is 1.19. The van der Waals surface area contributed by atoms with Crippen LogP contribution in [0.3, 0.4) is 0 Å². The highest BCUT2D eigenvalue weighted by Gasteiger charge is 2.32. The van der Waals surface area contributed by atoms with E-state index in [-0.39, 0.29) is 30.6 Å². The average molecular weight is 360 g/mol. The van der Waals surface area contributed by atoms with Crippen molar-refractivity contribution in [3.63, 3.8) is 0 Å². The van der Waals surface area contributed by atoms with Crippen molar-refractivity contribution in [2.75, 3.05) is 25.0 Å². The van der Waals surface area contributed by atoms with Crippen LogP contribution in [0, 0.1) is 5.92 Å². The molecule has 1 aromatic carbocycles. The van der Waals surface area contributed by atoms with Gasteiger partial charge in [-0.25, -0.2) is 0 Å². The predicted molar refractivity (Wildman–Crippen MR) is 99.5 cm³/mol. The molecule has 2 atom stereocenters. The molecule has 0 unspecified atom stereocenters. The van der Waals surface area contributed by atoms with Gasteiger partial charge in [-0.15, -0.1) is 0 Å². The Morgan fingerprint density at radius 3 is 2.88 bits per heavy atom. The lowest BCUT2D eigenvalue weighted by Crippen LogP contribution is -2.51. The van der Waals surface area contributed by atoms with Gasteiger partial charge < -0.3 is 19.7 Å². The van der Waals surface area contributed by atoms with Crippen molar-refractivity contribution in [2.45, 2.75) is 52.2 Å². The number of nitrogens with zero attached hydrogens (tertiary/aromatic N) is 1. The summed E-state index contributed by atoms with van der Waals surface area (Å²) in [5.74, 6) is 0.718. The van der Waals surface area contributed by atoms with Gasteiger partial charge in [-0.1, -0.05) is 33.6 Å². The van der Waals surface area contributed by atoms with Crippen molar-refractivity contribution in [1.29, 1.82) is 0 Å². The van der Waals surface area contributed by atoms with Gasteiger partial charge in [0.05, 0.1) is 17.9 Å². The van der Waals surface area contributed by atoms with E-state index in [4.69, 9.17) is 9.47 Å². The minimum Gasteiger partial charge on any atom is -0.482 e. The van der Waals surface area contributed by atoms with Crippen LogP contribution in [0.15, 0.2) is 18.2 Å². The van der Waals surface area contributed by atoms with Gasteiger partial charge >= 0.3 is 0 Å². The molecule has 0 aliphatic carbocycles. The average Bonchev–Trinajstić information content (AvgIpc) is 2.65. The third-order valence-electron chi connectivity index (χ3n) is 4.96. The standard InChI is InChI=1S/C20H28N2O4/c1-4-5-6-15-10-22(11-18(26-15)13(2)3)20(24)14-7-8-16-17(9-14)25-12-19(23)21-16/h7-9,13,15,18H,4-6,10-12H2,1-3H3,(H,21,23)/t15-,18-/m1/s1. The first kappa shape index (κ1) is 18.7. The molecule has 2 aliphatic rings. The fourth-order valence-electron chi connectivity index (χ4n) is 3.39. The number of fused-ring (bicyclic) bond motifs is 1. The van der Waals surface area contributed by atoms with E-state index in [1.54, 1.807) is 18.2 Å². The van der Waals surface area contributed by atoms with E-state index in [0.717, 1.165) is 19.3 Å². The zero-order valence-corrected chi connectivity index (χ0v) is 15.8. The number of ether oxygens (including phenoxy) is 2. The lowest BCUT2D eigenvalue weighted by Gasteiger charge is -2.40. The zero-order chi connectivity index (χ0) is 18.7. The largest absolute Gasteiger partial charge is 0.482 e. The summed E-state index contributed by atoms with van der Waals surface area (Å²) in [7, 11) is 0. The highest BCUT2D eigenvalue weighted by atomic mass is 16.5. The number of morpholine rings is 1. The van der Waals surface area contributed by atoms with Crippen LogP contribution in [0.1, 0.15) is 50.4 Å². The minimum absolute atomic E-state index is 0.0104. The number of carbonyl (C=O) groups is 2. The molecule has 1 aromatic rings. The highest BCUT2D eigenvalue weighted by Crippen LogP contribution is 2.30. The molecule has 3 rings (SSSR count). The molecule has 0 radical (unpaired) electrons. The van der Waals surface area contributed by atoms with Crippen LogP contribution < -0.4 is 10.1 Å². The fraction of sp³-hybridized carbons (Fsp3) is 0.600. The van der Waals surface area contributed by atoms with E-state index >= 15 is 0 Å². The van der Waals surface area contributed by atoms with Crippen molar-refractivity contribution in [1.82, 2.24) is 4.90 Å². The van der Waals surface area contributed by atoms with E-state index in [9.17, 15) is 9.59 Å². The number of rotatable bonds is 5. The smallest absolute Gasteiger partial charge is 0.262 e. The second-order valence-corrected chi connectivity index (χ2v) is 7.44. The van der Waals surface area contributed by atoms with Crippen LogP contribution in [-0.2, 0) is 9.53 Å². The van der Waals surface area contributed by atoms with Gasteiger partial charge in [-0.05, 0) is 30.5 Å². The monoisotopic (exact) mass is 360 g/mol. The first-order valence-corrected chi connectivity index (χ1v) is 9.49. The van der Waals surface area contributed by atoms with E-state index in [2.05, 4.69) is 26.1 Å². The molecule has 1 N–H and O–H groups in total. The van der Waals surface area contributed by atoms with Crippen LogP contribution in [0.2, 0.25) is 0 Å². The first-order chi connectivity index (χ1) is 12.5. The molecular formula is C20H28N2O4. The Morgan fingerprint density at radius 2 is 2.15 bits per heavy atom. The third kappa shape index (κ3) is 4.18. The molecular weight excluding hydrogens is 332 g/mol. The van der Waals surface area contributed by atoms with Crippen molar-refractivity contribution in [2.24, 2.45) is 5.92 Å². The van der Waals surface area contributed by atoms with Gasteiger partial charge in [0.15, 0.2) is 6.61 Å². The van der Waals surface area contributed by atoms with Crippen LogP contribution >= 0.6 is 0 Å². The predicted octanol–water partition coefficient (Wildman–Crippen LogP) is 3.07. The minimum atomic E-state index is -0.178. The Bertz CT molecular complexity index is 674. The molecule has 142 valence electrons. The number of unbranched alkanes of at least 4 members (excludes halogenated alkanes) is 1. The first-order valence-electron chi connectivity index (χ1n) is 9.49. The molecule has 26 heavy (non-hydrogen) atoms. The summed E-state index contributed by atoms with van der Waals surface area (Å²) in [6.07, 6.45) is 3.34. The number of anilines is 1. The molecule has 6 heteroatoms. The van der Waals surface area contributed by atoms with Gasteiger partial charge in [-0.2, -0.15) is 0 Å². The second-order valence-electron chi connectivity index (χ2n) is 7.44. The van der Waals surface area contributed by atoms with Crippen molar-refractivity contribution in [3.8, 4) is 5.75 Å². The van der Waals surface area contributed by atoms with Gasteiger partial charge in [0, 0.05) is 18.7 Å².